The molecular formula is C15H31N. The third kappa shape index (κ3) is 4.86. The highest BCUT2D eigenvalue weighted by molar-refractivity contribution is 4.76. The fourth-order valence-electron chi connectivity index (χ4n) is 3.26. The minimum absolute atomic E-state index is 0.865. The molecule has 0 aromatic heterocycles. The molecule has 0 heterocycles. The van der Waals surface area contributed by atoms with E-state index in [1.807, 2.05) is 0 Å². The molecule has 96 valence electrons. The maximum Gasteiger partial charge on any atom is -0.00231 e. The molecule has 16 heavy (non-hydrogen) atoms. The Morgan fingerprint density at radius 1 is 1.12 bits per heavy atom. The zero-order valence-electron chi connectivity index (χ0n) is 11.6. The van der Waals surface area contributed by atoms with Gasteiger partial charge in [-0.25, -0.2) is 0 Å². The number of rotatable bonds is 7. The first-order chi connectivity index (χ1) is 7.77. The first kappa shape index (κ1) is 14.0. The van der Waals surface area contributed by atoms with Crippen LogP contribution in [0.3, 0.4) is 0 Å². The summed E-state index contributed by atoms with van der Waals surface area (Å²) in [6.45, 7) is 9.45. The second-order valence-electron chi connectivity index (χ2n) is 5.76. The van der Waals surface area contributed by atoms with E-state index in [0.29, 0.717) is 0 Å². The predicted molar refractivity (Wildman–Crippen MR) is 72.7 cm³/mol. The lowest BCUT2D eigenvalue weighted by molar-refractivity contribution is 0.193. The first-order valence-electron chi connectivity index (χ1n) is 7.48. The van der Waals surface area contributed by atoms with Crippen molar-refractivity contribution in [2.45, 2.75) is 65.7 Å². The second kappa shape index (κ2) is 8.11. The van der Waals surface area contributed by atoms with Gasteiger partial charge >= 0.3 is 0 Å². The standard InChI is InChI=1S/C15H31N/c1-4-10-16-12-13(3)11-15-9-7-6-8-14(15)5-2/h13-16H,4-12H2,1-3H3. The van der Waals surface area contributed by atoms with E-state index in [4.69, 9.17) is 0 Å². The molecule has 0 aromatic carbocycles. The molecule has 0 bridgehead atoms. The molecule has 3 atom stereocenters. The lowest BCUT2D eigenvalue weighted by Crippen LogP contribution is -2.27. The Labute approximate surface area is 102 Å². The van der Waals surface area contributed by atoms with E-state index in [1.165, 1.54) is 58.0 Å². The SMILES string of the molecule is CCCNCC(C)CC1CCCCC1CC. The summed E-state index contributed by atoms with van der Waals surface area (Å²) in [5, 5.41) is 3.56. The number of hydrogen-bond donors (Lipinski definition) is 1. The Morgan fingerprint density at radius 3 is 2.44 bits per heavy atom. The van der Waals surface area contributed by atoms with Crippen molar-refractivity contribution in [1.29, 1.82) is 0 Å². The highest BCUT2D eigenvalue weighted by Gasteiger charge is 2.24. The van der Waals surface area contributed by atoms with E-state index in [0.717, 1.165) is 17.8 Å². The van der Waals surface area contributed by atoms with Crippen LogP contribution in [0, 0.1) is 17.8 Å². The van der Waals surface area contributed by atoms with Crippen molar-refractivity contribution in [2.24, 2.45) is 17.8 Å². The molecule has 0 saturated heterocycles. The average Bonchev–Trinajstić information content (AvgIpc) is 2.30. The fraction of sp³-hybridized carbons (Fsp3) is 1.00. The monoisotopic (exact) mass is 225 g/mol. The van der Waals surface area contributed by atoms with Crippen LogP contribution < -0.4 is 5.32 Å². The number of nitrogens with one attached hydrogen (secondary N) is 1. The van der Waals surface area contributed by atoms with Gasteiger partial charge in [0.15, 0.2) is 0 Å². The molecule has 3 unspecified atom stereocenters. The van der Waals surface area contributed by atoms with Crippen LogP contribution in [0.4, 0.5) is 0 Å². The molecule has 0 aliphatic heterocycles. The van der Waals surface area contributed by atoms with Crippen molar-refractivity contribution in [1.82, 2.24) is 5.32 Å². The molecule has 1 nitrogen and oxygen atoms in total. The van der Waals surface area contributed by atoms with Gasteiger partial charge in [-0.05, 0) is 43.7 Å². The van der Waals surface area contributed by atoms with Crippen molar-refractivity contribution >= 4 is 0 Å². The summed E-state index contributed by atoms with van der Waals surface area (Å²) in [5.41, 5.74) is 0. The zero-order chi connectivity index (χ0) is 11.8. The molecule has 1 N–H and O–H groups in total. The minimum atomic E-state index is 0.865. The van der Waals surface area contributed by atoms with Gasteiger partial charge in [-0.3, -0.25) is 0 Å². The topological polar surface area (TPSA) is 12.0 Å². The molecule has 1 heteroatoms. The van der Waals surface area contributed by atoms with Gasteiger partial charge in [0, 0.05) is 0 Å². The van der Waals surface area contributed by atoms with E-state index < -0.39 is 0 Å². The molecule has 0 aromatic rings. The van der Waals surface area contributed by atoms with Crippen LogP contribution in [0.5, 0.6) is 0 Å². The molecule has 0 amide bonds. The Hall–Kier alpha value is -0.0400. The van der Waals surface area contributed by atoms with Crippen LogP contribution in [-0.4, -0.2) is 13.1 Å². The molecule has 1 saturated carbocycles. The van der Waals surface area contributed by atoms with Crippen molar-refractivity contribution in [2.75, 3.05) is 13.1 Å². The van der Waals surface area contributed by atoms with Gasteiger partial charge in [-0.1, -0.05) is 52.9 Å². The third-order valence-electron chi connectivity index (χ3n) is 4.22. The van der Waals surface area contributed by atoms with E-state index in [1.54, 1.807) is 0 Å². The Morgan fingerprint density at radius 2 is 1.81 bits per heavy atom. The van der Waals surface area contributed by atoms with E-state index >= 15 is 0 Å². The second-order valence-corrected chi connectivity index (χ2v) is 5.76. The summed E-state index contributed by atoms with van der Waals surface area (Å²) in [7, 11) is 0. The Bertz CT molecular complexity index is 167. The van der Waals surface area contributed by atoms with Crippen LogP contribution >= 0.6 is 0 Å². The van der Waals surface area contributed by atoms with Gasteiger partial charge in [0.2, 0.25) is 0 Å². The van der Waals surface area contributed by atoms with Crippen LogP contribution in [-0.2, 0) is 0 Å². The average molecular weight is 225 g/mol. The van der Waals surface area contributed by atoms with E-state index in [2.05, 4.69) is 26.1 Å². The van der Waals surface area contributed by atoms with Crippen LogP contribution in [0.2, 0.25) is 0 Å². The largest absolute Gasteiger partial charge is 0.316 e. The Kier molecular flexibility index (Phi) is 7.11. The molecule has 1 aliphatic rings. The zero-order valence-corrected chi connectivity index (χ0v) is 11.6. The molecule has 1 aliphatic carbocycles. The van der Waals surface area contributed by atoms with Crippen molar-refractivity contribution in [3.8, 4) is 0 Å². The van der Waals surface area contributed by atoms with Crippen LogP contribution in [0.1, 0.15) is 65.7 Å². The minimum Gasteiger partial charge on any atom is -0.316 e. The van der Waals surface area contributed by atoms with Gasteiger partial charge in [0.05, 0.1) is 0 Å². The number of hydrogen-bond acceptors (Lipinski definition) is 1. The highest BCUT2D eigenvalue weighted by atomic mass is 14.8. The molecule has 0 radical (unpaired) electrons. The summed E-state index contributed by atoms with van der Waals surface area (Å²) in [6, 6.07) is 0. The first-order valence-corrected chi connectivity index (χ1v) is 7.48. The smallest absolute Gasteiger partial charge is 0.00231 e. The lowest BCUT2D eigenvalue weighted by Gasteiger charge is -2.32. The summed E-state index contributed by atoms with van der Waals surface area (Å²) in [6.07, 6.45) is 10.1. The van der Waals surface area contributed by atoms with E-state index in [-0.39, 0.29) is 0 Å². The Balaban J connectivity index is 2.22. The van der Waals surface area contributed by atoms with Crippen LogP contribution in [0.15, 0.2) is 0 Å². The summed E-state index contributed by atoms with van der Waals surface area (Å²) in [4.78, 5) is 0. The quantitative estimate of drug-likeness (QED) is 0.639. The predicted octanol–water partition coefficient (Wildman–Crippen LogP) is 4.23. The summed E-state index contributed by atoms with van der Waals surface area (Å²) >= 11 is 0. The molecular weight excluding hydrogens is 194 g/mol. The lowest BCUT2D eigenvalue weighted by atomic mass is 9.74. The van der Waals surface area contributed by atoms with Crippen LogP contribution in [0.25, 0.3) is 0 Å². The summed E-state index contributed by atoms with van der Waals surface area (Å²) < 4.78 is 0. The van der Waals surface area contributed by atoms with Crippen molar-refractivity contribution in [3.05, 3.63) is 0 Å². The third-order valence-corrected chi connectivity index (χ3v) is 4.22. The maximum atomic E-state index is 3.56. The normalized spacial score (nSPS) is 27.9. The van der Waals surface area contributed by atoms with Crippen molar-refractivity contribution in [3.63, 3.8) is 0 Å². The van der Waals surface area contributed by atoms with Gasteiger partial charge in [0.1, 0.15) is 0 Å². The van der Waals surface area contributed by atoms with Gasteiger partial charge < -0.3 is 5.32 Å². The molecule has 1 fully saturated rings. The van der Waals surface area contributed by atoms with Gasteiger partial charge in [0.25, 0.3) is 0 Å². The van der Waals surface area contributed by atoms with Gasteiger partial charge in [-0.15, -0.1) is 0 Å². The fourth-order valence-corrected chi connectivity index (χ4v) is 3.26. The van der Waals surface area contributed by atoms with E-state index in [9.17, 15) is 0 Å². The van der Waals surface area contributed by atoms with Crippen molar-refractivity contribution < 1.29 is 0 Å². The van der Waals surface area contributed by atoms with Gasteiger partial charge in [-0.2, -0.15) is 0 Å². The maximum absolute atomic E-state index is 3.56. The highest BCUT2D eigenvalue weighted by Crippen LogP contribution is 2.35. The molecule has 1 rings (SSSR count). The summed E-state index contributed by atoms with van der Waals surface area (Å²) in [5.74, 6) is 2.92. The molecule has 0 spiro atoms.